The van der Waals surface area contributed by atoms with E-state index < -0.39 is 23.4 Å². The van der Waals surface area contributed by atoms with E-state index in [2.05, 4.69) is 39.1 Å². The lowest BCUT2D eigenvalue weighted by molar-refractivity contribution is -0.155. The van der Waals surface area contributed by atoms with Gasteiger partial charge in [-0.05, 0) is 20.9 Å². The van der Waals surface area contributed by atoms with Crippen LogP contribution in [0.3, 0.4) is 0 Å². The highest BCUT2D eigenvalue weighted by Crippen LogP contribution is 2.32. The van der Waals surface area contributed by atoms with Gasteiger partial charge in [0.25, 0.3) is 5.91 Å². The summed E-state index contributed by atoms with van der Waals surface area (Å²) in [4.78, 5) is 50.0. The van der Waals surface area contributed by atoms with Crippen LogP contribution in [-0.2, 0) is 9.59 Å². The van der Waals surface area contributed by atoms with Gasteiger partial charge in [-0.2, -0.15) is 0 Å². The molecule has 2 N–H and O–H groups in total. The Kier molecular flexibility index (Phi) is 6.11. The second-order valence-electron chi connectivity index (χ2n) is 8.01. The van der Waals surface area contributed by atoms with Crippen molar-refractivity contribution in [2.24, 2.45) is 0 Å². The largest absolute Gasteiger partial charge is 0.464 e. The van der Waals surface area contributed by atoms with E-state index in [1.54, 1.807) is 19.9 Å². The Labute approximate surface area is 175 Å². The Morgan fingerprint density at radius 2 is 2.00 bits per heavy atom. The van der Waals surface area contributed by atoms with E-state index >= 15 is 0 Å². The minimum Gasteiger partial charge on any atom is -0.464 e. The van der Waals surface area contributed by atoms with E-state index in [-0.39, 0.29) is 25.4 Å². The van der Waals surface area contributed by atoms with E-state index in [1.165, 1.54) is 6.33 Å². The number of likely N-dealkylation sites (N-methyl/N-ethyl adjacent to an activating group) is 1. The highest BCUT2D eigenvalue weighted by Gasteiger charge is 2.51. The first-order valence-corrected chi connectivity index (χ1v) is 10.1. The zero-order valence-electron chi connectivity index (χ0n) is 17.8. The van der Waals surface area contributed by atoms with E-state index in [1.807, 2.05) is 0 Å². The summed E-state index contributed by atoms with van der Waals surface area (Å²) in [5.74, 6) is 0.118. The van der Waals surface area contributed by atoms with E-state index in [0.717, 1.165) is 29.7 Å². The molecule has 2 fully saturated rings. The standard InChI is InChI=1S/C19H29N7O4/c1-5-16(27)26-19(3,6-7-25(26)18(29)30)17(28)22-14-10-15(21-12-20-14)24-9-8-23(4)11-13(24)2/h10,12-13H,5-9,11H2,1-4H3,(H,29,30)(H,20,21,22,28)/t13-,19?/m1/s1. The molecule has 0 bridgehead atoms. The van der Waals surface area contributed by atoms with Gasteiger partial charge in [0.2, 0.25) is 5.91 Å². The van der Waals surface area contributed by atoms with Crippen LogP contribution in [0.1, 0.15) is 33.6 Å². The van der Waals surface area contributed by atoms with E-state index in [0.29, 0.717) is 11.6 Å². The molecule has 3 rings (SSSR count). The highest BCUT2D eigenvalue weighted by molar-refractivity contribution is 6.00. The summed E-state index contributed by atoms with van der Waals surface area (Å²) in [6.45, 7) is 8.02. The first kappa shape index (κ1) is 21.8. The molecule has 0 aromatic carbocycles. The summed E-state index contributed by atoms with van der Waals surface area (Å²) in [6.07, 6.45) is 0.420. The van der Waals surface area contributed by atoms with Gasteiger partial charge in [-0.15, -0.1) is 0 Å². The molecule has 2 aliphatic rings. The van der Waals surface area contributed by atoms with Crippen LogP contribution < -0.4 is 10.2 Å². The summed E-state index contributed by atoms with van der Waals surface area (Å²) < 4.78 is 0. The third-order valence-electron chi connectivity index (χ3n) is 5.79. The van der Waals surface area contributed by atoms with Crippen molar-refractivity contribution >= 4 is 29.5 Å². The molecule has 3 amide bonds. The SMILES string of the molecule is CCC(=O)N1N(C(=O)O)CCC1(C)C(=O)Nc1cc(N2CCN(C)C[C@H]2C)ncn1. The fraction of sp³-hybridized carbons (Fsp3) is 0.632. The Morgan fingerprint density at radius 1 is 1.27 bits per heavy atom. The lowest BCUT2D eigenvalue weighted by atomic mass is 9.97. The summed E-state index contributed by atoms with van der Waals surface area (Å²) in [7, 11) is 2.07. The molecule has 164 valence electrons. The number of aromatic nitrogens is 2. The van der Waals surface area contributed by atoms with Crippen LogP contribution in [0.5, 0.6) is 0 Å². The lowest BCUT2D eigenvalue weighted by Gasteiger charge is -2.39. The number of carboxylic acid groups (broad SMARTS) is 1. The Morgan fingerprint density at radius 3 is 2.63 bits per heavy atom. The third-order valence-corrected chi connectivity index (χ3v) is 5.79. The molecule has 0 radical (unpaired) electrons. The van der Waals surface area contributed by atoms with E-state index in [9.17, 15) is 19.5 Å². The number of carbonyl (C=O) groups is 3. The van der Waals surface area contributed by atoms with Crippen molar-refractivity contribution in [1.29, 1.82) is 0 Å². The summed E-state index contributed by atoms with van der Waals surface area (Å²) in [5, 5.41) is 14.1. The zero-order chi connectivity index (χ0) is 22.1. The van der Waals surface area contributed by atoms with Gasteiger partial charge in [0.15, 0.2) is 0 Å². The molecule has 1 unspecified atom stereocenters. The number of rotatable bonds is 4. The Bertz CT molecular complexity index is 835. The predicted octanol–water partition coefficient (Wildman–Crippen LogP) is 0.851. The molecule has 30 heavy (non-hydrogen) atoms. The molecular formula is C19H29N7O4. The molecule has 2 atom stereocenters. The van der Waals surface area contributed by atoms with Crippen molar-refractivity contribution in [3.05, 3.63) is 12.4 Å². The second-order valence-corrected chi connectivity index (χ2v) is 8.01. The van der Waals surface area contributed by atoms with Crippen molar-refractivity contribution in [3.63, 3.8) is 0 Å². The van der Waals surface area contributed by atoms with Gasteiger partial charge in [0, 0.05) is 51.1 Å². The molecule has 0 aliphatic carbocycles. The minimum atomic E-state index is -1.32. The number of anilines is 2. The smallest absolute Gasteiger partial charge is 0.426 e. The molecule has 0 saturated carbocycles. The number of hydrogen-bond acceptors (Lipinski definition) is 7. The van der Waals surface area contributed by atoms with Crippen molar-refractivity contribution in [2.45, 2.75) is 45.2 Å². The lowest BCUT2D eigenvalue weighted by Crippen LogP contribution is -2.58. The van der Waals surface area contributed by atoms with Crippen LogP contribution in [0, 0.1) is 0 Å². The molecule has 11 nitrogen and oxygen atoms in total. The zero-order valence-corrected chi connectivity index (χ0v) is 17.8. The van der Waals surface area contributed by atoms with Gasteiger partial charge in [-0.1, -0.05) is 6.92 Å². The van der Waals surface area contributed by atoms with Gasteiger partial charge in [0.1, 0.15) is 23.5 Å². The number of nitrogens with zero attached hydrogens (tertiary/aromatic N) is 6. The Hall–Kier alpha value is -2.95. The van der Waals surface area contributed by atoms with Crippen LogP contribution in [0.4, 0.5) is 16.4 Å². The topological polar surface area (TPSA) is 122 Å². The van der Waals surface area contributed by atoms with Gasteiger partial charge >= 0.3 is 6.09 Å². The fourth-order valence-electron chi connectivity index (χ4n) is 4.05. The van der Waals surface area contributed by atoms with Crippen molar-refractivity contribution in [2.75, 3.05) is 43.4 Å². The first-order valence-electron chi connectivity index (χ1n) is 10.1. The maximum absolute atomic E-state index is 13.1. The first-order chi connectivity index (χ1) is 14.2. The number of nitrogens with one attached hydrogen (secondary N) is 1. The maximum atomic E-state index is 13.1. The monoisotopic (exact) mass is 419 g/mol. The van der Waals surface area contributed by atoms with Crippen LogP contribution in [0.2, 0.25) is 0 Å². The quantitative estimate of drug-likeness (QED) is 0.737. The van der Waals surface area contributed by atoms with Crippen LogP contribution >= 0.6 is 0 Å². The normalized spacial score (nSPS) is 24.8. The Balaban J connectivity index is 1.80. The van der Waals surface area contributed by atoms with Gasteiger partial charge in [-0.25, -0.2) is 24.8 Å². The molecule has 0 spiro atoms. The second kappa shape index (κ2) is 8.42. The average Bonchev–Trinajstić information content (AvgIpc) is 3.06. The summed E-state index contributed by atoms with van der Waals surface area (Å²) >= 11 is 0. The van der Waals surface area contributed by atoms with Crippen molar-refractivity contribution in [1.82, 2.24) is 24.9 Å². The fourth-order valence-corrected chi connectivity index (χ4v) is 4.05. The average molecular weight is 419 g/mol. The maximum Gasteiger partial charge on any atom is 0.426 e. The molecule has 2 saturated heterocycles. The number of hydrogen-bond donors (Lipinski definition) is 2. The number of piperazine rings is 1. The van der Waals surface area contributed by atoms with E-state index in [4.69, 9.17) is 0 Å². The molecule has 2 aliphatic heterocycles. The minimum absolute atomic E-state index is 0.0683. The third kappa shape index (κ3) is 4.02. The van der Waals surface area contributed by atoms with Gasteiger partial charge in [-0.3, -0.25) is 9.59 Å². The number of amides is 3. The molecule has 3 heterocycles. The molecular weight excluding hydrogens is 390 g/mol. The van der Waals surface area contributed by atoms with Crippen LogP contribution in [0.25, 0.3) is 0 Å². The molecule has 1 aromatic heterocycles. The summed E-state index contributed by atoms with van der Waals surface area (Å²) in [5.41, 5.74) is -1.32. The summed E-state index contributed by atoms with van der Waals surface area (Å²) in [6, 6.07) is 1.97. The van der Waals surface area contributed by atoms with Gasteiger partial charge in [0.05, 0.1) is 0 Å². The molecule has 1 aromatic rings. The van der Waals surface area contributed by atoms with Crippen LogP contribution in [-0.4, -0.2) is 92.7 Å². The van der Waals surface area contributed by atoms with Gasteiger partial charge < -0.3 is 20.2 Å². The van der Waals surface area contributed by atoms with Crippen molar-refractivity contribution < 1.29 is 19.5 Å². The highest BCUT2D eigenvalue weighted by atomic mass is 16.4. The molecule has 11 heteroatoms. The predicted molar refractivity (Wildman–Crippen MR) is 110 cm³/mol. The number of hydrazine groups is 1. The number of carbonyl (C=O) groups excluding carboxylic acids is 2. The van der Waals surface area contributed by atoms with Crippen LogP contribution in [0.15, 0.2) is 12.4 Å². The van der Waals surface area contributed by atoms with Crippen molar-refractivity contribution in [3.8, 4) is 0 Å².